The molecule has 1 aromatic heterocycles. The highest BCUT2D eigenvalue weighted by Gasteiger charge is 2.40. The van der Waals surface area contributed by atoms with Crippen LogP contribution in [0.5, 0.6) is 0 Å². The molecule has 0 aliphatic heterocycles. The molecule has 140 valence electrons. The Morgan fingerprint density at radius 1 is 1.19 bits per heavy atom. The number of aromatic carboxylic acids is 1. The smallest absolute Gasteiger partial charge is 0.434 e. The molecule has 0 aliphatic carbocycles. The first kappa shape index (κ1) is 19.5. The standard InChI is InChI=1S/C17H18F3N3O3/c1-3-11(4-2)22-15(24)10-5-7-12(8-6-10)23-14(17(18,19)20)13(9-21-23)16(25)26/h5-9,11H,3-4H2,1-2H3,(H,22,24)(H,25,26). The fourth-order valence-electron chi connectivity index (χ4n) is 2.49. The first-order valence-electron chi connectivity index (χ1n) is 7.98. The third-order valence-corrected chi connectivity index (χ3v) is 3.96. The topological polar surface area (TPSA) is 84.2 Å². The van der Waals surface area contributed by atoms with Gasteiger partial charge in [0.25, 0.3) is 5.91 Å². The molecule has 1 heterocycles. The van der Waals surface area contributed by atoms with Crippen LogP contribution in [0.4, 0.5) is 13.2 Å². The van der Waals surface area contributed by atoms with Gasteiger partial charge < -0.3 is 10.4 Å². The fourth-order valence-corrected chi connectivity index (χ4v) is 2.49. The maximum Gasteiger partial charge on any atom is 0.434 e. The van der Waals surface area contributed by atoms with Gasteiger partial charge in [-0.25, -0.2) is 9.48 Å². The van der Waals surface area contributed by atoms with Crippen LogP contribution in [0.25, 0.3) is 5.69 Å². The number of amides is 1. The average Bonchev–Trinajstić information content (AvgIpc) is 3.05. The van der Waals surface area contributed by atoms with Crippen molar-refractivity contribution in [2.45, 2.75) is 38.9 Å². The van der Waals surface area contributed by atoms with E-state index in [1.165, 1.54) is 24.3 Å². The quantitative estimate of drug-likeness (QED) is 0.816. The molecule has 2 rings (SSSR count). The van der Waals surface area contributed by atoms with Crippen LogP contribution in [-0.4, -0.2) is 32.8 Å². The zero-order chi connectivity index (χ0) is 19.5. The average molecular weight is 369 g/mol. The SMILES string of the molecule is CCC(CC)NC(=O)c1ccc(-n2ncc(C(=O)O)c2C(F)(F)F)cc1. The molecule has 0 saturated carbocycles. The third kappa shape index (κ3) is 4.04. The van der Waals surface area contributed by atoms with Crippen LogP contribution in [0.15, 0.2) is 30.5 Å². The normalized spacial score (nSPS) is 11.6. The van der Waals surface area contributed by atoms with Crippen LogP contribution in [0.2, 0.25) is 0 Å². The molecule has 9 heteroatoms. The Kier molecular flexibility index (Phi) is 5.69. The van der Waals surface area contributed by atoms with E-state index in [0.717, 1.165) is 12.8 Å². The van der Waals surface area contributed by atoms with Crippen LogP contribution >= 0.6 is 0 Å². The Morgan fingerprint density at radius 2 is 1.77 bits per heavy atom. The predicted molar refractivity (Wildman–Crippen MR) is 87.4 cm³/mol. The number of hydrogen-bond acceptors (Lipinski definition) is 3. The first-order chi connectivity index (χ1) is 12.2. The summed E-state index contributed by atoms with van der Waals surface area (Å²) in [5, 5.41) is 15.3. The summed E-state index contributed by atoms with van der Waals surface area (Å²) in [6.45, 7) is 3.88. The lowest BCUT2D eigenvalue weighted by Gasteiger charge is -2.15. The summed E-state index contributed by atoms with van der Waals surface area (Å²) in [5.74, 6) is -2.04. The molecule has 0 unspecified atom stereocenters. The van der Waals surface area contributed by atoms with Gasteiger partial charge in [-0.15, -0.1) is 0 Å². The minimum absolute atomic E-state index is 0.00362. The Morgan fingerprint density at radius 3 is 2.23 bits per heavy atom. The number of nitrogens with one attached hydrogen (secondary N) is 1. The molecule has 2 aromatic rings. The van der Waals surface area contributed by atoms with Gasteiger partial charge in [0.15, 0.2) is 5.69 Å². The second-order valence-corrected chi connectivity index (χ2v) is 5.66. The van der Waals surface area contributed by atoms with Crippen molar-refractivity contribution in [3.8, 4) is 5.69 Å². The minimum atomic E-state index is -4.89. The predicted octanol–water partition coefficient (Wildman–Crippen LogP) is 3.51. The molecule has 0 aliphatic rings. The molecular weight excluding hydrogens is 351 g/mol. The molecule has 0 fully saturated rings. The van der Waals surface area contributed by atoms with E-state index in [9.17, 15) is 22.8 Å². The summed E-state index contributed by atoms with van der Waals surface area (Å²) in [6.07, 6.45) is -2.71. The Bertz CT molecular complexity index is 794. The van der Waals surface area contributed by atoms with Gasteiger partial charge in [-0.2, -0.15) is 18.3 Å². The van der Waals surface area contributed by atoms with Crippen molar-refractivity contribution in [2.24, 2.45) is 0 Å². The molecule has 0 bridgehead atoms. The van der Waals surface area contributed by atoms with Crippen molar-refractivity contribution >= 4 is 11.9 Å². The zero-order valence-corrected chi connectivity index (χ0v) is 14.2. The van der Waals surface area contributed by atoms with E-state index in [-0.39, 0.29) is 17.6 Å². The minimum Gasteiger partial charge on any atom is -0.478 e. The summed E-state index contributed by atoms with van der Waals surface area (Å²) in [6, 6.07) is 5.33. The highest BCUT2D eigenvalue weighted by Crippen LogP contribution is 2.33. The van der Waals surface area contributed by atoms with Crippen LogP contribution in [-0.2, 0) is 6.18 Å². The number of aromatic nitrogens is 2. The third-order valence-electron chi connectivity index (χ3n) is 3.96. The Labute approximate surface area is 147 Å². The summed E-state index contributed by atoms with van der Waals surface area (Å²) in [7, 11) is 0. The van der Waals surface area contributed by atoms with Crippen LogP contribution in [0.1, 0.15) is 53.1 Å². The summed E-state index contributed by atoms with van der Waals surface area (Å²) in [5.41, 5.74) is -2.02. The monoisotopic (exact) mass is 369 g/mol. The Balaban J connectivity index is 2.35. The van der Waals surface area contributed by atoms with E-state index in [1.54, 1.807) is 0 Å². The number of hydrogen-bond donors (Lipinski definition) is 2. The maximum atomic E-state index is 13.2. The van der Waals surface area contributed by atoms with E-state index in [1.807, 2.05) is 13.8 Å². The zero-order valence-electron chi connectivity index (χ0n) is 14.2. The van der Waals surface area contributed by atoms with Crippen LogP contribution < -0.4 is 5.32 Å². The fraction of sp³-hybridized carbons (Fsp3) is 0.353. The van der Waals surface area contributed by atoms with Gasteiger partial charge in [-0.1, -0.05) is 13.8 Å². The van der Waals surface area contributed by atoms with Gasteiger partial charge in [0.05, 0.1) is 11.9 Å². The largest absolute Gasteiger partial charge is 0.478 e. The number of nitrogens with zero attached hydrogens (tertiary/aromatic N) is 2. The highest BCUT2D eigenvalue weighted by molar-refractivity contribution is 5.94. The highest BCUT2D eigenvalue weighted by atomic mass is 19.4. The molecule has 0 saturated heterocycles. The molecule has 6 nitrogen and oxygen atoms in total. The molecule has 0 spiro atoms. The second kappa shape index (κ2) is 7.59. The van der Waals surface area contributed by atoms with Gasteiger partial charge in [0.2, 0.25) is 0 Å². The molecule has 26 heavy (non-hydrogen) atoms. The van der Waals surface area contributed by atoms with Gasteiger partial charge in [0, 0.05) is 11.6 Å². The van der Waals surface area contributed by atoms with Crippen LogP contribution in [0, 0.1) is 0 Å². The maximum absolute atomic E-state index is 13.2. The van der Waals surface area contributed by atoms with E-state index in [0.29, 0.717) is 16.4 Å². The molecule has 1 amide bonds. The lowest BCUT2D eigenvalue weighted by molar-refractivity contribution is -0.143. The van der Waals surface area contributed by atoms with Gasteiger partial charge in [-0.3, -0.25) is 4.79 Å². The number of rotatable bonds is 6. The molecule has 2 N–H and O–H groups in total. The van der Waals surface area contributed by atoms with Gasteiger partial charge >= 0.3 is 12.1 Å². The van der Waals surface area contributed by atoms with Gasteiger partial charge in [-0.05, 0) is 37.1 Å². The number of alkyl halides is 3. The van der Waals surface area contributed by atoms with Crippen LogP contribution in [0.3, 0.4) is 0 Å². The van der Waals surface area contributed by atoms with Crippen molar-refractivity contribution in [3.63, 3.8) is 0 Å². The lowest BCUT2D eigenvalue weighted by Crippen LogP contribution is -2.33. The van der Waals surface area contributed by atoms with Crippen molar-refractivity contribution in [3.05, 3.63) is 47.3 Å². The number of carboxylic acid groups (broad SMARTS) is 1. The second-order valence-electron chi connectivity index (χ2n) is 5.66. The van der Waals surface area contributed by atoms with E-state index >= 15 is 0 Å². The summed E-state index contributed by atoms with van der Waals surface area (Å²) >= 11 is 0. The number of carbonyl (C=O) groups excluding carboxylic acids is 1. The van der Waals surface area contributed by atoms with E-state index < -0.39 is 23.4 Å². The van der Waals surface area contributed by atoms with Crippen molar-refractivity contribution < 1.29 is 27.9 Å². The summed E-state index contributed by atoms with van der Waals surface area (Å²) < 4.78 is 40.2. The van der Waals surface area contributed by atoms with E-state index in [2.05, 4.69) is 10.4 Å². The Hall–Kier alpha value is -2.84. The van der Waals surface area contributed by atoms with Crippen molar-refractivity contribution in [1.29, 1.82) is 0 Å². The number of halogens is 3. The molecule has 1 aromatic carbocycles. The van der Waals surface area contributed by atoms with Crippen molar-refractivity contribution in [1.82, 2.24) is 15.1 Å². The van der Waals surface area contributed by atoms with Gasteiger partial charge in [0.1, 0.15) is 5.56 Å². The summed E-state index contributed by atoms with van der Waals surface area (Å²) in [4.78, 5) is 23.2. The number of carbonyl (C=O) groups is 2. The molecular formula is C17H18F3N3O3. The number of benzene rings is 1. The molecule has 0 radical (unpaired) electrons. The lowest BCUT2D eigenvalue weighted by atomic mass is 10.1. The van der Waals surface area contributed by atoms with Crippen molar-refractivity contribution in [2.75, 3.05) is 0 Å². The number of carboxylic acids is 1. The van der Waals surface area contributed by atoms with E-state index in [4.69, 9.17) is 5.11 Å². The first-order valence-corrected chi connectivity index (χ1v) is 7.98. The molecule has 0 atom stereocenters.